The van der Waals surface area contributed by atoms with E-state index in [4.69, 9.17) is 9.98 Å². The van der Waals surface area contributed by atoms with Gasteiger partial charge in [0.05, 0.1) is 22.8 Å². The van der Waals surface area contributed by atoms with Gasteiger partial charge in [-0.3, -0.25) is 4.99 Å². The van der Waals surface area contributed by atoms with Crippen LogP contribution in [0.3, 0.4) is 0 Å². The fourth-order valence-corrected chi connectivity index (χ4v) is 15.2. The smallest absolute Gasteiger partial charge is 0.156 e. The van der Waals surface area contributed by atoms with Crippen LogP contribution in [0.5, 0.6) is 0 Å². The van der Waals surface area contributed by atoms with Gasteiger partial charge < -0.3 is 4.57 Å². The lowest BCUT2D eigenvalue weighted by atomic mass is 9.86. The van der Waals surface area contributed by atoms with E-state index in [9.17, 15) is 0 Å². The van der Waals surface area contributed by atoms with Gasteiger partial charge in [-0.25, -0.2) is 4.99 Å². The van der Waals surface area contributed by atoms with Crippen molar-refractivity contribution < 1.29 is 0 Å². The molecule has 69 heavy (non-hydrogen) atoms. The van der Waals surface area contributed by atoms with Gasteiger partial charge in [0.15, 0.2) is 5.84 Å². The van der Waals surface area contributed by atoms with Gasteiger partial charge in [-0.05, 0) is 100 Å². The van der Waals surface area contributed by atoms with Gasteiger partial charge in [-0.15, -0.1) is 34.0 Å². The Kier molecular flexibility index (Phi) is 8.74. The molecule has 15 rings (SSSR count). The number of hydrogen-bond donors (Lipinski definition) is 0. The summed E-state index contributed by atoms with van der Waals surface area (Å²) >= 11 is 5.63. The van der Waals surface area contributed by atoms with E-state index in [1.807, 2.05) is 34.0 Å². The zero-order valence-corrected chi connectivity index (χ0v) is 40.1. The summed E-state index contributed by atoms with van der Waals surface area (Å²) in [4.78, 5) is 11.9. The third-order valence-electron chi connectivity index (χ3n) is 14.8. The molecule has 3 nitrogen and oxygen atoms in total. The Morgan fingerprint density at radius 1 is 0.449 bits per heavy atom. The van der Waals surface area contributed by atoms with Crippen LogP contribution in [0, 0.1) is 5.92 Å². The fourth-order valence-electron chi connectivity index (χ4n) is 11.6. The SMILES string of the molecule is CC1CCC(c2cccc3c2sc2ccccc23)=NC(c2cccc3c2sc2ccccc23)=NC1c1cc(-n2c3cc4ccccc4cc3c3c4ccccc4ccc32)cc2sc3ccccc3c12. The average molecular weight is 936 g/mol. The van der Waals surface area contributed by atoms with E-state index in [2.05, 4.69) is 206 Å². The summed E-state index contributed by atoms with van der Waals surface area (Å²) in [6.07, 6.45) is 1.78. The van der Waals surface area contributed by atoms with Gasteiger partial charge in [0.1, 0.15) is 0 Å². The molecule has 0 spiro atoms. The normalized spacial score (nSPS) is 16.0. The van der Waals surface area contributed by atoms with Crippen molar-refractivity contribution >= 4 is 149 Å². The molecule has 5 heterocycles. The number of aliphatic imine (C=N–C) groups is 2. The van der Waals surface area contributed by atoms with Crippen molar-refractivity contribution in [3.05, 3.63) is 211 Å². The van der Waals surface area contributed by atoms with E-state index in [1.165, 1.54) is 115 Å². The highest BCUT2D eigenvalue weighted by atomic mass is 32.1. The number of nitrogens with zero attached hydrogens (tertiary/aromatic N) is 3. The Balaban J connectivity index is 1.03. The predicted molar refractivity (Wildman–Crippen MR) is 302 cm³/mol. The van der Waals surface area contributed by atoms with Crippen molar-refractivity contribution in [1.82, 2.24) is 4.57 Å². The quantitative estimate of drug-likeness (QED) is 0.168. The summed E-state index contributed by atoms with van der Waals surface area (Å²) in [5.41, 5.74) is 8.26. The Morgan fingerprint density at radius 3 is 1.78 bits per heavy atom. The minimum atomic E-state index is -0.176. The second-order valence-corrected chi connectivity index (χ2v) is 22.0. The van der Waals surface area contributed by atoms with E-state index in [0.717, 1.165) is 35.6 Å². The number of fused-ring (bicyclic) bond motifs is 15. The Labute approximate surface area is 409 Å². The molecule has 0 amide bonds. The molecule has 326 valence electrons. The van der Waals surface area contributed by atoms with Crippen LogP contribution in [0.2, 0.25) is 0 Å². The van der Waals surface area contributed by atoms with Crippen LogP contribution in [0.1, 0.15) is 42.5 Å². The molecule has 0 fully saturated rings. The van der Waals surface area contributed by atoms with Crippen molar-refractivity contribution in [3.8, 4) is 5.69 Å². The Bertz CT molecular complexity index is 4540. The van der Waals surface area contributed by atoms with E-state index < -0.39 is 0 Å². The first-order valence-corrected chi connectivity index (χ1v) is 26.3. The van der Waals surface area contributed by atoms with Crippen molar-refractivity contribution in [2.24, 2.45) is 15.9 Å². The third-order valence-corrected chi connectivity index (χ3v) is 18.4. The molecule has 10 aromatic carbocycles. The first-order chi connectivity index (χ1) is 34.1. The molecule has 0 aliphatic carbocycles. The molecule has 6 heteroatoms. The summed E-state index contributed by atoms with van der Waals surface area (Å²) < 4.78 is 10.2. The largest absolute Gasteiger partial charge is 0.309 e. The van der Waals surface area contributed by atoms with Gasteiger partial charge in [-0.1, -0.05) is 146 Å². The molecular formula is C63H41N3S3. The predicted octanol–water partition coefficient (Wildman–Crippen LogP) is 18.6. The number of rotatable bonds is 4. The standard InChI is InChI=1S/C63H41N3S3/c1-36-28-30-51(46-23-12-21-44-42-18-6-9-25-54(42)68-61(44)46)64-63(48-24-13-22-45-43-19-7-10-26-55(43)69-62(45)48)65-60(36)50-34-40(35-57-59(50)47-20-8-11-27-56(47)67-57)66-52-31-29-37-14-4-5-17-41(37)58(52)49-32-38-15-2-3-16-39(38)33-53(49)66/h2-27,29,31-36,60H,28,30H2,1H3. The Hall–Kier alpha value is -7.48. The monoisotopic (exact) mass is 935 g/mol. The number of thiophene rings is 3. The summed E-state index contributed by atoms with van der Waals surface area (Å²) in [5, 5.41) is 15.3. The topological polar surface area (TPSA) is 29.6 Å². The third kappa shape index (κ3) is 6.02. The maximum Gasteiger partial charge on any atom is 0.156 e. The lowest BCUT2D eigenvalue weighted by Crippen LogP contribution is -2.18. The molecule has 2 unspecified atom stereocenters. The molecule has 0 bridgehead atoms. The lowest BCUT2D eigenvalue weighted by Gasteiger charge is -2.26. The summed E-state index contributed by atoms with van der Waals surface area (Å²) in [6, 6.07) is 72.0. The van der Waals surface area contributed by atoms with Gasteiger partial charge in [-0.2, -0.15) is 0 Å². The fraction of sp³-hybridized carbons (Fsp3) is 0.0794. The molecule has 0 saturated carbocycles. The number of aromatic nitrogens is 1. The maximum absolute atomic E-state index is 6.08. The lowest BCUT2D eigenvalue weighted by molar-refractivity contribution is 0.448. The highest BCUT2D eigenvalue weighted by molar-refractivity contribution is 7.27. The van der Waals surface area contributed by atoms with Crippen molar-refractivity contribution in [3.63, 3.8) is 0 Å². The highest BCUT2D eigenvalue weighted by Gasteiger charge is 2.29. The van der Waals surface area contributed by atoms with Crippen LogP contribution in [0.15, 0.2) is 204 Å². The average Bonchev–Trinajstić information content (AvgIpc) is 4.16. The zero-order chi connectivity index (χ0) is 45.3. The van der Waals surface area contributed by atoms with E-state index >= 15 is 0 Å². The molecule has 0 N–H and O–H groups in total. The van der Waals surface area contributed by atoms with Crippen LogP contribution < -0.4 is 0 Å². The first-order valence-electron chi connectivity index (χ1n) is 23.9. The zero-order valence-electron chi connectivity index (χ0n) is 37.6. The van der Waals surface area contributed by atoms with Crippen LogP contribution >= 0.6 is 34.0 Å². The maximum atomic E-state index is 6.08. The van der Waals surface area contributed by atoms with Gasteiger partial charge in [0.2, 0.25) is 0 Å². The first kappa shape index (κ1) is 39.5. The number of benzene rings is 10. The van der Waals surface area contributed by atoms with Crippen LogP contribution in [-0.2, 0) is 0 Å². The molecule has 0 radical (unpaired) electrons. The van der Waals surface area contributed by atoms with E-state index in [1.54, 1.807) is 0 Å². The summed E-state index contributed by atoms with van der Waals surface area (Å²) in [7, 11) is 0. The molecule has 4 aromatic heterocycles. The second kappa shape index (κ2) is 15.3. The van der Waals surface area contributed by atoms with Crippen LogP contribution in [0.25, 0.3) is 110 Å². The van der Waals surface area contributed by atoms with Crippen LogP contribution in [0.4, 0.5) is 0 Å². The molecule has 0 saturated heterocycles. The van der Waals surface area contributed by atoms with Crippen molar-refractivity contribution in [2.75, 3.05) is 0 Å². The van der Waals surface area contributed by atoms with Gasteiger partial charge in [0, 0.05) is 88.1 Å². The van der Waals surface area contributed by atoms with E-state index in [0.29, 0.717) is 0 Å². The van der Waals surface area contributed by atoms with Gasteiger partial charge >= 0.3 is 0 Å². The van der Waals surface area contributed by atoms with E-state index in [-0.39, 0.29) is 12.0 Å². The Morgan fingerprint density at radius 2 is 1.04 bits per heavy atom. The molecular weight excluding hydrogens is 895 g/mol. The second-order valence-electron chi connectivity index (χ2n) is 18.8. The molecule has 1 aliphatic rings. The molecule has 14 aromatic rings. The minimum absolute atomic E-state index is 0.176. The minimum Gasteiger partial charge on any atom is -0.309 e. The number of amidine groups is 1. The van der Waals surface area contributed by atoms with Crippen LogP contribution in [-0.4, -0.2) is 16.1 Å². The van der Waals surface area contributed by atoms with Crippen molar-refractivity contribution in [2.45, 2.75) is 25.8 Å². The highest BCUT2D eigenvalue weighted by Crippen LogP contribution is 2.47. The van der Waals surface area contributed by atoms with Crippen molar-refractivity contribution in [1.29, 1.82) is 0 Å². The molecule has 2 atom stereocenters. The molecule has 1 aliphatic heterocycles. The van der Waals surface area contributed by atoms with Gasteiger partial charge in [0.25, 0.3) is 0 Å². The summed E-state index contributed by atoms with van der Waals surface area (Å²) in [5.74, 6) is 1.00. The number of hydrogen-bond acceptors (Lipinski definition) is 5. The summed E-state index contributed by atoms with van der Waals surface area (Å²) in [6.45, 7) is 2.43.